The molecule has 2 aliphatic heterocycles. The molecular formula is C17H18N2O3S. The minimum absolute atomic E-state index is 0.0663. The van der Waals surface area contributed by atoms with E-state index < -0.39 is 0 Å². The average Bonchev–Trinajstić information content (AvgIpc) is 3.13. The van der Waals surface area contributed by atoms with Gasteiger partial charge in [-0.25, -0.2) is 4.98 Å². The lowest BCUT2D eigenvalue weighted by atomic mass is 9.92. The normalized spacial score (nSPS) is 22.1. The summed E-state index contributed by atoms with van der Waals surface area (Å²) >= 11 is 1.91. The number of carbonyl (C=O) groups excluding carboxylic acids is 1. The summed E-state index contributed by atoms with van der Waals surface area (Å²) in [5.41, 5.74) is 0.670. The van der Waals surface area contributed by atoms with Crippen LogP contribution in [0.15, 0.2) is 41.1 Å². The zero-order chi connectivity index (χ0) is 15.9. The highest BCUT2D eigenvalue weighted by Crippen LogP contribution is 2.46. The minimum atomic E-state index is 0.0663. The predicted octanol–water partition coefficient (Wildman–Crippen LogP) is 2.76. The van der Waals surface area contributed by atoms with Crippen molar-refractivity contribution in [3.63, 3.8) is 0 Å². The van der Waals surface area contributed by atoms with Crippen molar-refractivity contribution < 1.29 is 13.9 Å². The number of rotatable bonds is 3. The third-order valence-electron chi connectivity index (χ3n) is 4.43. The lowest BCUT2D eigenvalue weighted by Gasteiger charge is -2.47. The van der Waals surface area contributed by atoms with E-state index in [0.717, 1.165) is 25.3 Å². The number of thioether (sulfide) groups is 1. The molecule has 120 valence electrons. The van der Waals surface area contributed by atoms with Crippen molar-refractivity contribution in [3.05, 3.63) is 48.0 Å². The Hall–Kier alpha value is -1.95. The van der Waals surface area contributed by atoms with Crippen molar-refractivity contribution in [2.45, 2.75) is 24.2 Å². The molecule has 4 rings (SSSR count). The van der Waals surface area contributed by atoms with Crippen LogP contribution in [0.3, 0.4) is 0 Å². The molecule has 0 unspecified atom stereocenters. The second-order valence-corrected chi connectivity index (χ2v) is 7.65. The molecular weight excluding hydrogens is 312 g/mol. The molecule has 0 bridgehead atoms. The van der Waals surface area contributed by atoms with E-state index in [-0.39, 0.29) is 16.8 Å². The number of ether oxygens (including phenoxy) is 1. The zero-order valence-electron chi connectivity index (χ0n) is 12.9. The molecule has 1 amide bonds. The zero-order valence-corrected chi connectivity index (χ0v) is 13.7. The number of carbonyl (C=O) groups is 1. The maximum absolute atomic E-state index is 12.4. The summed E-state index contributed by atoms with van der Waals surface area (Å²) < 4.78 is 11.3. The quantitative estimate of drug-likeness (QED) is 0.866. The first kappa shape index (κ1) is 14.6. The van der Waals surface area contributed by atoms with Gasteiger partial charge in [-0.3, -0.25) is 4.79 Å². The number of furan rings is 1. The summed E-state index contributed by atoms with van der Waals surface area (Å²) in [5.74, 6) is 2.38. The van der Waals surface area contributed by atoms with Gasteiger partial charge in [0.25, 0.3) is 5.91 Å². The third kappa shape index (κ3) is 2.72. The second-order valence-electron chi connectivity index (χ2n) is 6.16. The van der Waals surface area contributed by atoms with Crippen molar-refractivity contribution in [1.82, 2.24) is 9.88 Å². The predicted molar refractivity (Wildman–Crippen MR) is 87.8 cm³/mol. The second kappa shape index (κ2) is 5.60. The summed E-state index contributed by atoms with van der Waals surface area (Å²) in [5, 5.41) is 0. The van der Waals surface area contributed by atoms with E-state index in [1.54, 1.807) is 18.5 Å². The Morgan fingerprint density at radius 3 is 3.00 bits per heavy atom. The molecule has 1 spiro atoms. The summed E-state index contributed by atoms with van der Waals surface area (Å²) in [6.07, 6.45) is 4.44. The van der Waals surface area contributed by atoms with E-state index in [1.807, 2.05) is 41.8 Å². The van der Waals surface area contributed by atoms with E-state index >= 15 is 0 Å². The molecule has 5 nitrogen and oxygen atoms in total. The van der Waals surface area contributed by atoms with Crippen LogP contribution in [-0.2, 0) is 0 Å². The molecule has 0 saturated carbocycles. The molecule has 0 aromatic carbocycles. The van der Waals surface area contributed by atoms with E-state index in [4.69, 9.17) is 9.15 Å². The highest BCUT2D eigenvalue weighted by molar-refractivity contribution is 8.01. The van der Waals surface area contributed by atoms with Gasteiger partial charge in [0.2, 0.25) is 5.88 Å². The summed E-state index contributed by atoms with van der Waals surface area (Å²) in [7, 11) is 0. The Morgan fingerprint density at radius 1 is 1.43 bits per heavy atom. The SMILES string of the molecule is Cc1occc1C(=O)N1CC2(C[C@@H](Oc3ccccn3)CS2)C1. The van der Waals surface area contributed by atoms with Crippen LogP contribution in [0.4, 0.5) is 0 Å². The Labute approximate surface area is 139 Å². The van der Waals surface area contributed by atoms with Gasteiger partial charge in [-0.1, -0.05) is 6.07 Å². The number of aryl methyl sites for hydroxylation is 1. The Balaban J connectivity index is 1.35. The van der Waals surface area contributed by atoms with Gasteiger partial charge in [-0.15, -0.1) is 11.8 Å². The number of pyridine rings is 1. The van der Waals surface area contributed by atoms with Crippen molar-refractivity contribution in [3.8, 4) is 5.88 Å². The fourth-order valence-electron chi connectivity index (χ4n) is 3.26. The Kier molecular flexibility index (Phi) is 3.56. The van der Waals surface area contributed by atoms with Crippen LogP contribution in [0.25, 0.3) is 0 Å². The van der Waals surface area contributed by atoms with Crippen LogP contribution < -0.4 is 4.74 Å². The summed E-state index contributed by atoms with van der Waals surface area (Å²) in [6, 6.07) is 7.44. The van der Waals surface area contributed by atoms with E-state index in [0.29, 0.717) is 17.2 Å². The van der Waals surface area contributed by atoms with Gasteiger partial charge >= 0.3 is 0 Å². The van der Waals surface area contributed by atoms with Crippen LogP contribution in [0.2, 0.25) is 0 Å². The molecule has 2 saturated heterocycles. The molecule has 6 heteroatoms. The fourth-order valence-corrected chi connectivity index (χ4v) is 4.78. The molecule has 2 aromatic heterocycles. The molecule has 0 radical (unpaired) electrons. The average molecular weight is 330 g/mol. The molecule has 0 aliphatic carbocycles. The number of likely N-dealkylation sites (tertiary alicyclic amines) is 1. The first-order valence-electron chi connectivity index (χ1n) is 7.70. The number of hydrogen-bond acceptors (Lipinski definition) is 5. The number of hydrogen-bond donors (Lipinski definition) is 0. The fraction of sp³-hybridized carbons (Fsp3) is 0.412. The van der Waals surface area contributed by atoms with Gasteiger partial charge in [0.05, 0.1) is 16.6 Å². The van der Waals surface area contributed by atoms with Crippen LogP contribution in [0.5, 0.6) is 5.88 Å². The first-order valence-corrected chi connectivity index (χ1v) is 8.69. The van der Waals surface area contributed by atoms with Gasteiger partial charge in [0.15, 0.2) is 0 Å². The van der Waals surface area contributed by atoms with E-state index in [2.05, 4.69) is 4.98 Å². The molecule has 23 heavy (non-hydrogen) atoms. The largest absolute Gasteiger partial charge is 0.473 e. The first-order chi connectivity index (χ1) is 11.2. The van der Waals surface area contributed by atoms with Crippen LogP contribution in [0.1, 0.15) is 22.5 Å². The van der Waals surface area contributed by atoms with Gasteiger partial charge in [-0.2, -0.15) is 0 Å². The molecule has 4 heterocycles. The van der Waals surface area contributed by atoms with E-state index in [1.165, 1.54) is 0 Å². The van der Waals surface area contributed by atoms with Crippen LogP contribution >= 0.6 is 11.8 Å². The maximum atomic E-state index is 12.4. The molecule has 2 aromatic rings. The van der Waals surface area contributed by atoms with Crippen molar-refractivity contribution in [2.24, 2.45) is 0 Å². The van der Waals surface area contributed by atoms with E-state index in [9.17, 15) is 4.79 Å². The van der Waals surface area contributed by atoms with Gasteiger partial charge in [0.1, 0.15) is 11.9 Å². The standard InChI is InChI=1S/C17H18N2O3S/c1-12-14(5-7-21-12)16(20)19-10-17(11-19)8-13(9-23-17)22-15-4-2-3-6-18-15/h2-7,13H,8-11H2,1H3/t13-/m1/s1. The Morgan fingerprint density at radius 2 is 2.30 bits per heavy atom. The van der Waals surface area contributed by atoms with Crippen molar-refractivity contribution in [2.75, 3.05) is 18.8 Å². The highest BCUT2D eigenvalue weighted by Gasteiger charge is 2.51. The van der Waals surface area contributed by atoms with Crippen LogP contribution in [-0.4, -0.2) is 45.5 Å². The molecule has 1 atom stereocenters. The summed E-state index contributed by atoms with van der Waals surface area (Å²) in [4.78, 5) is 18.5. The van der Waals surface area contributed by atoms with Crippen molar-refractivity contribution in [1.29, 1.82) is 0 Å². The number of aromatic nitrogens is 1. The lowest BCUT2D eigenvalue weighted by molar-refractivity contribution is 0.0514. The third-order valence-corrected chi connectivity index (χ3v) is 6.01. The topological polar surface area (TPSA) is 55.6 Å². The lowest BCUT2D eigenvalue weighted by Crippen LogP contribution is -2.60. The monoisotopic (exact) mass is 330 g/mol. The van der Waals surface area contributed by atoms with Crippen LogP contribution in [0, 0.1) is 6.92 Å². The van der Waals surface area contributed by atoms with Crippen molar-refractivity contribution >= 4 is 17.7 Å². The number of nitrogens with zero attached hydrogens (tertiary/aromatic N) is 2. The highest BCUT2D eigenvalue weighted by atomic mass is 32.2. The molecule has 0 N–H and O–H groups in total. The Bertz CT molecular complexity index is 710. The smallest absolute Gasteiger partial charge is 0.257 e. The number of amides is 1. The minimum Gasteiger partial charge on any atom is -0.473 e. The molecule has 2 aliphatic rings. The van der Waals surface area contributed by atoms with Gasteiger partial charge in [0, 0.05) is 37.5 Å². The maximum Gasteiger partial charge on any atom is 0.257 e. The van der Waals surface area contributed by atoms with Gasteiger partial charge in [-0.05, 0) is 19.1 Å². The molecule has 2 fully saturated rings. The van der Waals surface area contributed by atoms with Gasteiger partial charge < -0.3 is 14.1 Å². The summed E-state index contributed by atoms with van der Waals surface area (Å²) in [6.45, 7) is 3.39.